The Morgan fingerprint density at radius 1 is 1.32 bits per heavy atom. The lowest BCUT2D eigenvalue weighted by Gasteiger charge is -2.17. The maximum Gasteiger partial charge on any atom is 0.0705 e. The van der Waals surface area contributed by atoms with Gasteiger partial charge in [0.2, 0.25) is 0 Å². The number of hydrogen-bond acceptors (Lipinski definition) is 3. The van der Waals surface area contributed by atoms with Gasteiger partial charge >= 0.3 is 0 Å². The zero-order valence-corrected chi connectivity index (χ0v) is 11.7. The maximum absolute atomic E-state index is 5.39. The number of aromatic nitrogens is 1. The predicted molar refractivity (Wildman–Crippen MR) is 79.3 cm³/mol. The fourth-order valence-corrected chi connectivity index (χ4v) is 2.31. The van der Waals surface area contributed by atoms with Crippen LogP contribution >= 0.6 is 0 Å². The Labute approximate surface area is 115 Å². The summed E-state index contributed by atoms with van der Waals surface area (Å²) in [6.07, 6.45) is 3.99. The monoisotopic (exact) mass is 258 g/mol. The number of benzene rings is 1. The van der Waals surface area contributed by atoms with E-state index in [1.165, 1.54) is 10.9 Å². The quantitative estimate of drug-likeness (QED) is 0.774. The first kappa shape index (κ1) is 14.0. The van der Waals surface area contributed by atoms with Crippen molar-refractivity contribution in [2.24, 2.45) is 0 Å². The second-order valence-electron chi connectivity index (χ2n) is 4.64. The molecule has 0 spiro atoms. The normalized spacial score (nSPS) is 12.7. The third-order valence-electron chi connectivity index (χ3n) is 3.37. The largest absolute Gasteiger partial charge is 0.382 e. The minimum atomic E-state index is 0.367. The van der Waals surface area contributed by atoms with Crippen LogP contribution in [0, 0.1) is 0 Å². The number of nitrogens with one attached hydrogen (secondary N) is 1. The standard InChI is InChI=1S/C16H22N2O/c1-3-19-11-5-7-15(17-2)14-9-8-13-6-4-10-18-16(13)12-14/h4,6,8-10,12,15,17H,3,5,7,11H2,1-2H3. The molecule has 0 aliphatic rings. The summed E-state index contributed by atoms with van der Waals surface area (Å²) in [7, 11) is 2.01. The van der Waals surface area contributed by atoms with Crippen molar-refractivity contribution in [1.29, 1.82) is 0 Å². The van der Waals surface area contributed by atoms with E-state index < -0.39 is 0 Å². The molecule has 0 aliphatic carbocycles. The highest BCUT2D eigenvalue weighted by Crippen LogP contribution is 2.22. The molecule has 1 heterocycles. The molecule has 2 rings (SSSR count). The summed E-state index contributed by atoms with van der Waals surface area (Å²) in [5.41, 5.74) is 2.36. The molecular formula is C16H22N2O. The zero-order chi connectivity index (χ0) is 13.5. The van der Waals surface area contributed by atoms with Crippen molar-refractivity contribution in [3.63, 3.8) is 0 Å². The summed E-state index contributed by atoms with van der Waals surface area (Å²) >= 11 is 0. The van der Waals surface area contributed by atoms with E-state index in [2.05, 4.69) is 34.6 Å². The zero-order valence-electron chi connectivity index (χ0n) is 11.7. The average molecular weight is 258 g/mol. The first-order valence-electron chi connectivity index (χ1n) is 6.95. The molecule has 1 aromatic heterocycles. The Morgan fingerprint density at radius 3 is 3.00 bits per heavy atom. The van der Waals surface area contributed by atoms with E-state index in [1.807, 2.05) is 26.2 Å². The second-order valence-corrected chi connectivity index (χ2v) is 4.64. The van der Waals surface area contributed by atoms with E-state index in [4.69, 9.17) is 4.74 Å². The Bertz CT molecular complexity index is 513. The first-order valence-corrected chi connectivity index (χ1v) is 6.95. The molecule has 0 amide bonds. The van der Waals surface area contributed by atoms with Crippen molar-refractivity contribution in [2.45, 2.75) is 25.8 Å². The third-order valence-corrected chi connectivity index (χ3v) is 3.37. The molecular weight excluding hydrogens is 236 g/mol. The van der Waals surface area contributed by atoms with Crippen LogP contribution in [0.5, 0.6) is 0 Å². The van der Waals surface area contributed by atoms with Crippen LogP contribution in [0.3, 0.4) is 0 Å². The first-order chi connectivity index (χ1) is 9.35. The fourth-order valence-electron chi connectivity index (χ4n) is 2.31. The lowest BCUT2D eigenvalue weighted by molar-refractivity contribution is 0.141. The van der Waals surface area contributed by atoms with Crippen LogP contribution in [0.25, 0.3) is 10.9 Å². The molecule has 0 radical (unpaired) electrons. The van der Waals surface area contributed by atoms with E-state index in [-0.39, 0.29) is 0 Å². The van der Waals surface area contributed by atoms with Crippen LogP contribution in [0.2, 0.25) is 0 Å². The molecule has 1 aromatic carbocycles. The lowest BCUT2D eigenvalue weighted by Crippen LogP contribution is -2.17. The van der Waals surface area contributed by atoms with Crippen LogP contribution in [-0.4, -0.2) is 25.2 Å². The molecule has 1 N–H and O–H groups in total. The van der Waals surface area contributed by atoms with Crippen LogP contribution in [0.4, 0.5) is 0 Å². The number of ether oxygens (including phenoxy) is 1. The van der Waals surface area contributed by atoms with Gasteiger partial charge in [-0.25, -0.2) is 0 Å². The Balaban J connectivity index is 2.07. The van der Waals surface area contributed by atoms with Crippen molar-refractivity contribution in [2.75, 3.05) is 20.3 Å². The number of hydrogen-bond donors (Lipinski definition) is 1. The highest BCUT2D eigenvalue weighted by Gasteiger charge is 2.09. The molecule has 19 heavy (non-hydrogen) atoms. The van der Waals surface area contributed by atoms with Crippen LogP contribution in [0.1, 0.15) is 31.4 Å². The van der Waals surface area contributed by atoms with Gasteiger partial charge in [0.1, 0.15) is 0 Å². The molecule has 102 valence electrons. The van der Waals surface area contributed by atoms with E-state index in [0.29, 0.717) is 6.04 Å². The summed E-state index contributed by atoms with van der Waals surface area (Å²) in [6.45, 7) is 3.66. The van der Waals surface area contributed by atoms with E-state index in [0.717, 1.165) is 31.6 Å². The van der Waals surface area contributed by atoms with E-state index in [9.17, 15) is 0 Å². The summed E-state index contributed by atoms with van der Waals surface area (Å²) in [5, 5.41) is 4.57. The molecule has 0 aliphatic heterocycles. The molecule has 1 unspecified atom stereocenters. The van der Waals surface area contributed by atoms with Gasteiger partial charge in [0.15, 0.2) is 0 Å². The summed E-state index contributed by atoms with van der Waals surface area (Å²) in [4.78, 5) is 4.42. The molecule has 0 fully saturated rings. The predicted octanol–water partition coefficient (Wildman–Crippen LogP) is 3.31. The highest BCUT2D eigenvalue weighted by molar-refractivity contribution is 5.78. The van der Waals surface area contributed by atoms with E-state index in [1.54, 1.807) is 0 Å². The lowest BCUT2D eigenvalue weighted by atomic mass is 10.0. The maximum atomic E-state index is 5.39. The minimum absolute atomic E-state index is 0.367. The van der Waals surface area contributed by atoms with Gasteiger partial charge in [0.25, 0.3) is 0 Å². The summed E-state index contributed by atoms with van der Waals surface area (Å²) in [6, 6.07) is 10.9. The van der Waals surface area contributed by atoms with Crippen LogP contribution in [-0.2, 0) is 4.74 Å². The van der Waals surface area contributed by atoms with Gasteiger partial charge in [0.05, 0.1) is 5.52 Å². The molecule has 0 bridgehead atoms. The van der Waals surface area contributed by atoms with Crippen molar-refractivity contribution in [1.82, 2.24) is 10.3 Å². The van der Waals surface area contributed by atoms with Gasteiger partial charge in [-0.15, -0.1) is 0 Å². The molecule has 3 nitrogen and oxygen atoms in total. The molecule has 0 saturated carbocycles. The van der Waals surface area contributed by atoms with Crippen LogP contribution < -0.4 is 5.32 Å². The van der Waals surface area contributed by atoms with Gasteiger partial charge in [-0.05, 0) is 44.5 Å². The van der Waals surface area contributed by atoms with Gasteiger partial charge in [-0.1, -0.05) is 18.2 Å². The van der Waals surface area contributed by atoms with Crippen molar-refractivity contribution >= 4 is 10.9 Å². The van der Waals surface area contributed by atoms with Gasteiger partial charge in [-0.3, -0.25) is 4.98 Å². The van der Waals surface area contributed by atoms with Gasteiger partial charge in [0, 0.05) is 30.8 Å². The second kappa shape index (κ2) is 7.22. The molecule has 2 aromatic rings. The minimum Gasteiger partial charge on any atom is -0.382 e. The molecule has 0 saturated heterocycles. The van der Waals surface area contributed by atoms with Crippen molar-refractivity contribution in [3.8, 4) is 0 Å². The SMILES string of the molecule is CCOCCCC(NC)c1ccc2cccnc2c1. The Kier molecular flexibility index (Phi) is 5.31. The highest BCUT2D eigenvalue weighted by atomic mass is 16.5. The summed E-state index contributed by atoms with van der Waals surface area (Å²) in [5.74, 6) is 0. The summed E-state index contributed by atoms with van der Waals surface area (Å²) < 4.78 is 5.39. The number of rotatable bonds is 7. The smallest absolute Gasteiger partial charge is 0.0705 e. The number of fused-ring (bicyclic) bond motifs is 1. The Morgan fingerprint density at radius 2 is 2.21 bits per heavy atom. The fraction of sp³-hybridized carbons (Fsp3) is 0.438. The van der Waals surface area contributed by atoms with Gasteiger partial charge in [-0.2, -0.15) is 0 Å². The molecule has 3 heteroatoms. The molecule has 1 atom stereocenters. The van der Waals surface area contributed by atoms with Crippen LogP contribution in [0.15, 0.2) is 36.5 Å². The Hall–Kier alpha value is -1.45. The number of nitrogens with zero attached hydrogens (tertiary/aromatic N) is 1. The van der Waals surface area contributed by atoms with Crippen molar-refractivity contribution < 1.29 is 4.74 Å². The topological polar surface area (TPSA) is 34.1 Å². The van der Waals surface area contributed by atoms with Crippen molar-refractivity contribution in [3.05, 3.63) is 42.1 Å². The third kappa shape index (κ3) is 3.75. The average Bonchev–Trinajstić information content (AvgIpc) is 2.47. The number of pyridine rings is 1. The van der Waals surface area contributed by atoms with Gasteiger partial charge < -0.3 is 10.1 Å². The van der Waals surface area contributed by atoms with E-state index >= 15 is 0 Å².